The Morgan fingerprint density at radius 1 is 1.47 bits per heavy atom. The first-order valence-electron chi connectivity index (χ1n) is 6.03. The van der Waals surface area contributed by atoms with Gasteiger partial charge in [0.2, 0.25) is 0 Å². The van der Waals surface area contributed by atoms with Crippen LogP contribution in [-0.2, 0) is 0 Å². The van der Waals surface area contributed by atoms with Gasteiger partial charge < -0.3 is 11.1 Å². The molecular formula is C13H20N4. The first-order chi connectivity index (χ1) is 8.15. The van der Waals surface area contributed by atoms with Gasteiger partial charge in [0.05, 0.1) is 11.3 Å². The Morgan fingerprint density at radius 3 is 2.88 bits per heavy atom. The molecule has 0 unspecified atom stereocenters. The van der Waals surface area contributed by atoms with Crippen molar-refractivity contribution in [3.8, 4) is 6.07 Å². The zero-order chi connectivity index (χ0) is 12.7. The minimum atomic E-state index is 0.443. The van der Waals surface area contributed by atoms with Gasteiger partial charge in [-0.15, -0.1) is 0 Å². The van der Waals surface area contributed by atoms with E-state index in [0.29, 0.717) is 17.1 Å². The van der Waals surface area contributed by atoms with Gasteiger partial charge in [0, 0.05) is 12.7 Å². The Bertz CT molecular complexity index is 393. The normalized spacial score (nSPS) is 10.2. The number of hydrogen-bond donors (Lipinski definition) is 2. The van der Waals surface area contributed by atoms with E-state index in [1.54, 1.807) is 12.3 Å². The Morgan fingerprint density at radius 2 is 2.24 bits per heavy atom. The van der Waals surface area contributed by atoms with E-state index in [9.17, 15) is 0 Å². The van der Waals surface area contributed by atoms with Gasteiger partial charge in [-0.05, 0) is 18.4 Å². The monoisotopic (exact) mass is 232 g/mol. The Kier molecular flexibility index (Phi) is 5.28. The summed E-state index contributed by atoms with van der Waals surface area (Å²) in [6.45, 7) is 5.30. The van der Waals surface area contributed by atoms with E-state index in [1.165, 1.54) is 12.8 Å². The Hall–Kier alpha value is -1.76. The zero-order valence-corrected chi connectivity index (χ0v) is 10.5. The second-order valence-corrected chi connectivity index (χ2v) is 4.55. The standard InChI is InChI=1S/C13H20N4/c1-10(2)5-3-4-7-16-13-12(15)11(9-14)6-8-17-13/h6,8,10H,3-5,7,15H2,1-2H3,(H,16,17). The van der Waals surface area contributed by atoms with Crippen LogP contribution in [0.2, 0.25) is 0 Å². The summed E-state index contributed by atoms with van der Waals surface area (Å²) in [7, 11) is 0. The predicted octanol–water partition coefficient (Wildman–Crippen LogP) is 2.77. The van der Waals surface area contributed by atoms with Crippen molar-refractivity contribution < 1.29 is 0 Å². The zero-order valence-electron chi connectivity index (χ0n) is 10.5. The molecule has 0 aliphatic rings. The van der Waals surface area contributed by atoms with Gasteiger partial charge in [-0.1, -0.05) is 26.7 Å². The lowest BCUT2D eigenvalue weighted by Gasteiger charge is -2.09. The summed E-state index contributed by atoms with van der Waals surface area (Å²) in [6, 6.07) is 3.67. The van der Waals surface area contributed by atoms with Crippen LogP contribution in [0, 0.1) is 17.2 Å². The van der Waals surface area contributed by atoms with Crippen molar-refractivity contribution in [1.29, 1.82) is 5.26 Å². The highest BCUT2D eigenvalue weighted by atomic mass is 15.0. The van der Waals surface area contributed by atoms with Crippen molar-refractivity contribution in [1.82, 2.24) is 4.98 Å². The van der Waals surface area contributed by atoms with E-state index in [2.05, 4.69) is 24.1 Å². The van der Waals surface area contributed by atoms with E-state index in [-0.39, 0.29) is 0 Å². The minimum absolute atomic E-state index is 0.443. The Labute approximate surface area is 103 Å². The molecule has 17 heavy (non-hydrogen) atoms. The molecule has 1 heterocycles. The summed E-state index contributed by atoms with van der Waals surface area (Å²) in [5, 5.41) is 12.0. The maximum atomic E-state index is 8.83. The van der Waals surface area contributed by atoms with Gasteiger partial charge in [0.1, 0.15) is 6.07 Å². The van der Waals surface area contributed by atoms with Crippen LogP contribution in [0.5, 0.6) is 0 Å². The van der Waals surface area contributed by atoms with Crippen molar-refractivity contribution in [3.63, 3.8) is 0 Å². The third-order valence-corrected chi connectivity index (χ3v) is 2.61. The lowest BCUT2D eigenvalue weighted by molar-refractivity contribution is 0.544. The maximum Gasteiger partial charge on any atom is 0.150 e. The molecule has 0 aliphatic carbocycles. The molecule has 92 valence electrons. The molecule has 4 heteroatoms. The number of nitrogens with two attached hydrogens (primary N) is 1. The molecule has 3 N–H and O–H groups in total. The number of pyridine rings is 1. The average molecular weight is 232 g/mol. The predicted molar refractivity (Wildman–Crippen MR) is 70.5 cm³/mol. The number of nitrogens with one attached hydrogen (secondary N) is 1. The SMILES string of the molecule is CC(C)CCCCNc1nccc(C#N)c1N. The molecule has 0 aliphatic heterocycles. The fraction of sp³-hybridized carbons (Fsp3) is 0.538. The third-order valence-electron chi connectivity index (χ3n) is 2.61. The second kappa shape index (κ2) is 6.74. The van der Waals surface area contributed by atoms with Crippen LogP contribution in [0.1, 0.15) is 38.7 Å². The van der Waals surface area contributed by atoms with Crippen molar-refractivity contribution >= 4 is 11.5 Å². The fourth-order valence-electron chi connectivity index (χ4n) is 1.60. The molecule has 0 amide bonds. The molecule has 0 radical (unpaired) electrons. The molecule has 0 spiro atoms. The summed E-state index contributed by atoms with van der Waals surface area (Å²) in [5.41, 5.74) is 6.73. The van der Waals surface area contributed by atoms with Gasteiger partial charge >= 0.3 is 0 Å². The van der Waals surface area contributed by atoms with Crippen LogP contribution < -0.4 is 11.1 Å². The fourth-order valence-corrected chi connectivity index (χ4v) is 1.60. The molecule has 0 fully saturated rings. The number of anilines is 2. The van der Waals surface area contributed by atoms with Crippen molar-refractivity contribution in [2.75, 3.05) is 17.6 Å². The molecule has 1 aromatic rings. The second-order valence-electron chi connectivity index (χ2n) is 4.55. The largest absolute Gasteiger partial charge is 0.395 e. The van der Waals surface area contributed by atoms with E-state index < -0.39 is 0 Å². The molecule has 1 aromatic heterocycles. The van der Waals surface area contributed by atoms with Crippen LogP contribution in [0.3, 0.4) is 0 Å². The summed E-state index contributed by atoms with van der Waals surface area (Å²) in [6.07, 6.45) is 5.13. The lowest BCUT2D eigenvalue weighted by atomic mass is 10.1. The summed E-state index contributed by atoms with van der Waals surface area (Å²) >= 11 is 0. The van der Waals surface area contributed by atoms with Crippen molar-refractivity contribution in [3.05, 3.63) is 17.8 Å². The molecule has 0 bridgehead atoms. The van der Waals surface area contributed by atoms with Crippen LogP contribution in [-0.4, -0.2) is 11.5 Å². The molecule has 1 rings (SSSR count). The molecule has 0 saturated carbocycles. The van der Waals surface area contributed by atoms with Crippen LogP contribution in [0.4, 0.5) is 11.5 Å². The highest BCUT2D eigenvalue weighted by Crippen LogP contribution is 2.18. The Balaban J connectivity index is 2.40. The smallest absolute Gasteiger partial charge is 0.150 e. The first kappa shape index (κ1) is 13.3. The van der Waals surface area contributed by atoms with E-state index in [4.69, 9.17) is 11.0 Å². The van der Waals surface area contributed by atoms with Gasteiger partial charge in [0.15, 0.2) is 5.82 Å². The topological polar surface area (TPSA) is 74.7 Å². The molecular weight excluding hydrogens is 212 g/mol. The number of hydrogen-bond acceptors (Lipinski definition) is 4. The molecule has 0 saturated heterocycles. The summed E-state index contributed by atoms with van der Waals surface area (Å²) in [5.74, 6) is 1.37. The van der Waals surface area contributed by atoms with Gasteiger partial charge in [0.25, 0.3) is 0 Å². The number of rotatable bonds is 6. The molecule has 4 nitrogen and oxygen atoms in total. The van der Waals surface area contributed by atoms with E-state index in [0.717, 1.165) is 18.9 Å². The van der Waals surface area contributed by atoms with Crippen molar-refractivity contribution in [2.24, 2.45) is 5.92 Å². The molecule has 0 aromatic carbocycles. The average Bonchev–Trinajstić information content (AvgIpc) is 2.30. The lowest BCUT2D eigenvalue weighted by Crippen LogP contribution is -2.07. The molecule has 0 atom stereocenters. The number of nitrogen functional groups attached to an aromatic ring is 1. The summed E-state index contributed by atoms with van der Waals surface area (Å²) in [4.78, 5) is 4.13. The quantitative estimate of drug-likeness (QED) is 0.739. The van der Waals surface area contributed by atoms with Gasteiger partial charge in [-0.3, -0.25) is 0 Å². The first-order valence-corrected chi connectivity index (χ1v) is 6.03. The highest BCUT2D eigenvalue weighted by molar-refractivity contribution is 5.68. The van der Waals surface area contributed by atoms with Gasteiger partial charge in [-0.25, -0.2) is 4.98 Å². The van der Waals surface area contributed by atoms with Crippen molar-refractivity contribution in [2.45, 2.75) is 33.1 Å². The van der Waals surface area contributed by atoms with Crippen LogP contribution >= 0.6 is 0 Å². The van der Waals surface area contributed by atoms with E-state index in [1.807, 2.05) is 6.07 Å². The van der Waals surface area contributed by atoms with Crippen LogP contribution in [0.15, 0.2) is 12.3 Å². The van der Waals surface area contributed by atoms with E-state index >= 15 is 0 Å². The van der Waals surface area contributed by atoms with Crippen LogP contribution in [0.25, 0.3) is 0 Å². The number of aromatic nitrogens is 1. The summed E-state index contributed by atoms with van der Waals surface area (Å²) < 4.78 is 0. The number of nitrogens with zero attached hydrogens (tertiary/aromatic N) is 2. The minimum Gasteiger partial charge on any atom is -0.395 e. The van der Waals surface area contributed by atoms with Gasteiger partial charge in [-0.2, -0.15) is 5.26 Å². The highest BCUT2D eigenvalue weighted by Gasteiger charge is 2.04. The number of nitriles is 1. The maximum absolute atomic E-state index is 8.83. The number of unbranched alkanes of at least 4 members (excludes halogenated alkanes) is 1. The third kappa shape index (κ3) is 4.31.